The zero-order chi connectivity index (χ0) is 11.0. The fraction of sp³-hybridized carbons (Fsp3) is 0.300. The van der Waals surface area contributed by atoms with Gasteiger partial charge in [0.25, 0.3) is 0 Å². The van der Waals surface area contributed by atoms with E-state index in [4.69, 9.17) is 4.74 Å². The highest BCUT2D eigenvalue weighted by molar-refractivity contribution is 7.84. The van der Waals surface area contributed by atoms with Gasteiger partial charge in [-0.1, -0.05) is 6.07 Å². The van der Waals surface area contributed by atoms with Crippen LogP contribution in [0, 0.1) is 0 Å². The first-order chi connectivity index (χ1) is 7.15. The first-order valence-corrected chi connectivity index (χ1v) is 5.61. The molecule has 0 fully saturated rings. The number of amidine groups is 1. The molecular weight excluding hydrogens is 212 g/mol. The molecule has 15 heavy (non-hydrogen) atoms. The fourth-order valence-corrected chi connectivity index (χ4v) is 2.60. The first-order valence-electron chi connectivity index (χ1n) is 4.50. The maximum Gasteiger partial charge on any atom is 0.175 e. The monoisotopic (exact) mass is 224 g/mol. The van der Waals surface area contributed by atoms with Crippen molar-refractivity contribution in [3.8, 4) is 5.75 Å². The summed E-state index contributed by atoms with van der Waals surface area (Å²) in [6.07, 6.45) is 0. The molecule has 0 spiro atoms. The lowest BCUT2D eigenvalue weighted by molar-refractivity contribution is 0.411. The molecule has 0 aromatic heterocycles. The van der Waals surface area contributed by atoms with Crippen LogP contribution in [0.25, 0.3) is 0 Å². The van der Waals surface area contributed by atoms with Crippen LogP contribution >= 0.6 is 0 Å². The zero-order valence-electron chi connectivity index (χ0n) is 8.85. The van der Waals surface area contributed by atoms with Crippen molar-refractivity contribution >= 4 is 16.8 Å². The molecule has 1 aliphatic rings. The van der Waals surface area contributed by atoms with Crippen molar-refractivity contribution in [3.05, 3.63) is 23.8 Å². The second-order valence-electron chi connectivity index (χ2n) is 3.39. The number of hydrogen-bond acceptors (Lipinski definition) is 3. The fourth-order valence-electron chi connectivity index (χ4n) is 1.53. The van der Waals surface area contributed by atoms with Gasteiger partial charge in [0.1, 0.15) is 5.75 Å². The van der Waals surface area contributed by atoms with Gasteiger partial charge in [-0.05, 0) is 12.1 Å². The minimum atomic E-state index is -1.29. The van der Waals surface area contributed by atoms with Gasteiger partial charge in [0.15, 0.2) is 16.8 Å². The van der Waals surface area contributed by atoms with E-state index in [0.29, 0.717) is 11.6 Å². The Morgan fingerprint density at radius 1 is 1.40 bits per heavy atom. The van der Waals surface area contributed by atoms with Crippen LogP contribution in [0.3, 0.4) is 0 Å². The quantitative estimate of drug-likeness (QED) is 0.715. The summed E-state index contributed by atoms with van der Waals surface area (Å²) in [5.41, 5.74) is 0.836. The van der Waals surface area contributed by atoms with Gasteiger partial charge in [-0.25, -0.2) is 4.21 Å². The Morgan fingerprint density at radius 2 is 2.13 bits per heavy atom. The van der Waals surface area contributed by atoms with E-state index in [2.05, 4.69) is 4.40 Å². The summed E-state index contributed by atoms with van der Waals surface area (Å²) < 4.78 is 21.0. The smallest absolute Gasteiger partial charge is 0.175 e. The van der Waals surface area contributed by atoms with Crippen molar-refractivity contribution in [1.29, 1.82) is 0 Å². The second-order valence-corrected chi connectivity index (χ2v) is 4.51. The molecule has 80 valence electrons. The number of hydrogen-bond donors (Lipinski definition) is 0. The Morgan fingerprint density at radius 3 is 2.73 bits per heavy atom. The van der Waals surface area contributed by atoms with E-state index >= 15 is 0 Å². The van der Waals surface area contributed by atoms with E-state index in [1.54, 1.807) is 7.11 Å². The summed E-state index contributed by atoms with van der Waals surface area (Å²) in [5, 5.41) is 0. The molecule has 1 unspecified atom stereocenters. The van der Waals surface area contributed by atoms with E-state index in [0.717, 1.165) is 10.5 Å². The number of nitrogens with zero attached hydrogens (tertiary/aromatic N) is 2. The normalized spacial score (nSPS) is 18.3. The van der Waals surface area contributed by atoms with Crippen LogP contribution in [0.15, 0.2) is 27.5 Å². The molecule has 1 aromatic rings. The maximum atomic E-state index is 11.7. The molecule has 0 radical (unpaired) electrons. The molecule has 2 rings (SSSR count). The first kappa shape index (κ1) is 10.2. The molecule has 0 amide bonds. The number of methoxy groups -OCH3 is 1. The highest BCUT2D eigenvalue weighted by atomic mass is 32.2. The Balaban J connectivity index is 2.64. The van der Waals surface area contributed by atoms with E-state index in [9.17, 15) is 4.21 Å². The molecule has 1 aromatic carbocycles. The number of ether oxygens (including phenoxy) is 1. The summed E-state index contributed by atoms with van der Waals surface area (Å²) >= 11 is 0. The third kappa shape index (κ3) is 1.52. The van der Waals surface area contributed by atoms with Gasteiger partial charge in [-0.15, -0.1) is 0 Å². The Kier molecular flexibility index (Phi) is 2.48. The SMILES string of the molecule is COc1cccc2c1C(N(C)C)=NS2=O. The molecule has 0 saturated heterocycles. The average Bonchev–Trinajstić information content (AvgIpc) is 2.56. The van der Waals surface area contributed by atoms with Gasteiger partial charge in [0.2, 0.25) is 0 Å². The molecular formula is C10H12N2O2S. The minimum Gasteiger partial charge on any atom is -0.496 e. The van der Waals surface area contributed by atoms with Gasteiger partial charge in [-0.2, -0.15) is 4.40 Å². The number of rotatable bonds is 1. The van der Waals surface area contributed by atoms with E-state index < -0.39 is 11.0 Å². The molecule has 0 saturated carbocycles. The molecule has 0 bridgehead atoms. The predicted molar refractivity (Wildman–Crippen MR) is 59.6 cm³/mol. The Bertz CT molecular complexity index is 455. The van der Waals surface area contributed by atoms with Crippen LogP contribution in [0.2, 0.25) is 0 Å². The van der Waals surface area contributed by atoms with Crippen LogP contribution in [-0.2, 0) is 11.0 Å². The molecule has 1 aliphatic heterocycles. The van der Waals surface area contributed by atoms with Gasteiger partial charge in [0, 0.05) is 14.1 Å². The highest BCUT2D eigenvalue weighted by Crippen LogP contribution is 2.31. The zero-order valence-corrected chi connectivity index (χ0v) is 9.67. The van der Waals surface area contributed by atoms with Crippen LogP contribution in [0.1, 0.15) is 5.56 Å². The van der Waals surface area contributed by atoms with E-state index in [1.165, 1.54) is 0 Å². The van der Waals surface area contributed by atoms with E-state index in [1.807, 2.05) is 37.2 Å². The van der Waals surface area contributed by atoms with Crippen molar-refractivity contribution in [2.75, 3.05) is 21.2 Å². The predicted octanol–water partition coefficient (Wildman–Crippen LogP) is 1.04. The molecule has 0 N–H and O–H groups in total. The Labute approximate surface area is 91.2 Å². The van der Waals surface area contributed by atoms with Crippen LogP contribution in [-0.4, -0.2) is 36.1 Å². The van der Waals surface area contributed by atoms with Crippen molar-refractivity contribution in [2.45, 2.75) is 4.90 Å². The van der Waals surface area contributed by atoms with Gasteiger partial charge in [-0.3, -0.25) is 0 Å². The van der Waals surface area contributed by atoms with Gasteiger partial charge < -0.3 is 9.64 Å². The highest BCUT2D eigenvalue weighted by Gasteiger charge is 2.26. The topological polar surface area (TPSA) is 41.9 Å². The largest absolute Gasteiger partial charge is 0.496 e. The molecule has 4 nitrogen and oxygen atoms in total. The van der Waals surface area contributed by atoms with Crippen LogP contribution < -0.4 is 4.74 Å². The summed E-state index contributed by atoms with van der Waals surface area (Å²) in [6.45, 7) is 0. The molecule has 0 aliphatic carbocycles. The molecule has 1 atom stereocenters. The Hall–Kier alpha value is -1.36. The van der Waals surface area contributed by atoms with Gasteiger partial charge in [0.05, 0.1) is 17.6 Å². The number of benzene rings is 1. The summed E-state index contributed by atoms with van der Waals surface area (Å²) in [6, 6.07) is 5.48. The van der Waals surface area contributed by atoms with Crippen LogP contribution in [0.4, 0.5) is 0 Å². The van der Waals surface area contributed by atoms with Crippen molar-refractivity contribution < 1.29 is 8.95 Å². The summed E-state index contributed by atoms with van der Waals surface area (Å²) in [7, 11) is 4.05. The summed E-state index contributed by atoms with van der Waals surface area (Å²) in [5.74, 6) is 1.42. The van der Waals surface area contributed by atoms with Crippen molar-refractivity contribution in [3.63, 3.8) is 0 Å². The lowest BCUT2D eigenvalue weighted by atomic mass is 10.1. The molecule has 1 heterocycles. The third-order valence-corrected chi connectivity index (χ3v) is 3.27. The maximum absolute atomic E-state index is 11.7. The lowest BCUT2D eigenvalue weighted by Gasteiger charge is -2.14. The standard InChI is InChI=1S/C10H12N2O2S/c1-12(2)10-9-7(14-3)5-4-6-8(9)15(13)11-10/h4-6H,1-3H3. The summed E-state index contributed by atoms with van der Waals surface area (Å²) in [4.78, 5) is 2.56. The van der Waals surface area contributed by atoms with Crippen molar-refractivity contribution in [2.24, 2.45) is 4.40 Å². The van der Waals surface area contributed by atoms with Gasteiger partial charge >= 0.3 is 0 Å². The number of fused-ring (bicyclic) bond motifs is 1. The van der Waals surface area contributed by atoms with E-state index in [-0.39, 0.29) is 0 Å². The minimum absolute atomic E-state index is 0.709. The molecule has 5 heteroatoms. The third-order valence-electron chi connectivity index (χ3n) is 2.21. The van der Waals surface area contributed by atoms with Crippen LogP contribution in [0.5, 0.6) is 5.75 Å². The second kappa shape index (κ2) is 3.66. The lowest BCUT2D eigenvalue weighted by Crippen LogP contribution is -2.21. The average molecular weight is 224 g/mol. The van der Waals surface area contributed by atoms with Crippen molar-refractivity contribution in [1.82, 2.24) is 4.90 Å².